The SMILES string of the molecule is NC(Cc1ccc(O)cc1)C(=O)O.O=C(O)[C@@H]1CCCN1. The largest absolute Gasteiger partial charge is 0.508 e. The number of hydrogen-bond acceptors (Lipinski definition) is 5. The van der Waals surface area contributed by atoms with E-state index in [1.807, 2.05) is 0 Å². The van der Waals surface area contributed by atoms with Crippen molar-refractivity contribution in [2.24, 2.45) is 5.73 Å². The Bertz CT molecular complexity index is 469. The minimum Gasteiger partial charge on any atom is -0.508 e. The highest BCUT2D eigenvalue weighted by Gasteiger charge is 2.20. The van der Waals surface area contributed by atoms with Gasteiger partial charge in [-0.15, -0.1) is 0 Å². The lowest BCUT2D eigenvalue weighted by Gasteiger charge is -2.05. The van der Waals surface area contributed by atoms with Gasteiger partial charge < -0.3 is 26.4 Å². The van der Waals surface area contributed by atoms with Crippen molar-refractivity contribution in [1.82, 2.24) is 5.32 Å². The number of aromatic hydroxyl groups is 1. The number of benzene rings is 1. The van der Waals surface area contributed by atoms with Gasteiger partial charge in [0.05, 0.1) is 0 Å². The number of carboxylic acid groups (broad SMARTS) is 2. The number of hydrogen-bond donors (Lipinski definition) is 5. The van der Waals surface area contributed by atoms with Crippen LogP contribution in [-0.4, -0.2) is 45.9 Å². The van der Waals surface area contributed by atoms with Crippen molar-refractivity contribution in [2.75, 3.05) is 6.54 Å². The Labute approximate surface area is 122 Å². The Balaban J connectivity index is 0.000000235. The van der Waals surface area contributed by atoms with E-state index in [0.29, 0.717) is 0 Å². The van der Waals surface area contributed by atoms with Crippen LogP contribution in [0.15, 0.2) is 24.3 Å². The van der Waals surface area contributed by atoms with Crippen LogP contribution in [0.25, 0.3) is 0 Å². The molecular weight excluding hydrogens is 276 g/mol. The second kappa shape index (κ2) is 8.23. The van der Waals surface area contributed by atoms with Gasteiger partial charge in [0.25, 0.3) is 0 Å². The lowest BCUT2D eigenvalue weighted by molar-refractivity contribution is -0.139. The normalized spacial score (nSPS) is 18.4. The van der Waals surface area contributed by atoms with E-state index in [0.717, 1.165) is 24.9 Å². The van der Waals surface area contributed by atoms with Crippen LogP contribution in [0, 0.1) is 0 Å². The van der Waals surface area contributed by atoms with E-state index in [1.165, 1.54) is 12.1 Å². The Morgan fingerprint density at radius 1 is 1.29 bits per heavy atom. The number of carbonyl (C=O) groups is 2. The molecule has 1 aliphatic heterocycles. The van der Waals surface area contributed by atoms with Gasteiger partial charge in [0.15, 0.2) is 0 Å². The average molecular weight is 296 g/mol. The molecule has 0 amide bonds. The molecule has 1 saturated heterocycles. The predicted octanol–water partition coefficient (Wildman–Crippen LogP) is 0.170. The molecule has 21 heavy (non-hydrogen) atoms. The van der Waals surface area contributed by atoms with Crippen LogP contribution in [0.4, 0.5) is 0 Å². The van der Waals surface area contributed by atoms with E-state index in [4.69, 9.17) is 21.1 Å². The first-order chi connectivity index (χ1) is 9.90. The molecular formula is C14H20N2O5. The smallest absolute Gasteiger partial charge is 0.320 e. The minimum atomic E-state index is -1.02. The summed E-state index contributed by atoms with van der Waals surface area (Å²) >= 11 is 0. The molecule has 1 fully saturated rings. The number of nitrogens with one attached hydrogen (secondary N) is 1. The summed E-state index contributed by atoms with van der Waals surface area (Å²) in [7, 11) is 0. The van der Waals surface area contributed by atoms with Crippen LogP contribution in [-0.2, 0) is 16.0 Å². The number of phenols is 1. The lowest BCUT2D eigenvalue weighted by Crippen LogP contribution is -2.32. The summed E-state index contributed by atoms with van der Waals surface area (Å²) < 4.78 is 0. The molecule has 0 spiro atoms. The summed E-state index contributed by atoms with van der Waals surface area (Å²) in [6, 6.07) is 5.16. The van der Waals surface area contributed by atoms with Crippen molar-refractivity contribution in [3.05, 3.63) is 29.8 Å². The number of nitrogens with two attached hydrogens (primary N) is 1. The summed E-state index contributed by atoms with van der Waals surface area (Å²) in [6.07, 6.45) is 2.06. The van der Waals surface area contributed by atoms with Crippen molar-refractivity contribution in [2.45, 2.75) is 31.3 Å². The summed E-state index contributed by atoms with van der Waals surface area (Å²) in [5.74, 6) is -1.58. The third kappa shape index (κ3) is 6.24. The summed E-state index contributed by atoms with van der Waals surface area (Å²) in [5, 5.41) is 28.7. The van der Waals surface area contributed by atoms with Gasteiger partial charge in [-0.2, -0.15) is 0 Å². The standard InChI is InChI=1S/C9H11NO3.C5H9NO2/c10-8(9(12)13)5-6-1-3-7(11)4-2-6;7-5(8)4-2-1-3-6-4/h1-4,8,11H,5,10H2,(H,12,13);4,6H,1-3H2,(H,7,8)/t;4-/m.0/s1. The van der Waals surface area contributed by atoms with Crippen LogP contribution in [0.5, 0.6) is 5.75 Å². The Morgan fingerprint density at radius 3 is 2.29 bits per heavy atom. The molecule has 7 nitrogen and oxygen atoms in total. The van der Waals surface area contributed by atoms with Crippen LogP contribution < -0.4 is 11.1 Å². The van der Waals surface area contributed by atoms with E-state index in [9.17, 15) is 9.59 Å². The minimum absolute atomic E-state index is 0.160. The quantitative estimate of drug-likeness (QED) is 0.535. The van der Waals surface area contributed by atoms with E-state index in [2.05, 4.69) is 5.32 Å². The first kappa shape index (κ1) is 16.9. The molecule has 0 bridgehead atoms. The second-order valence-electron chi connectivity index (χ2n) is 4.80. The fourth-order valence-corrected chi connectivity index (χ4v) is 1.87. The van der Waals surface area contributed by atoms with Crippen molar-refractivity contribution in [3.63, 3.8) is 0 Å². The molecule has 1 heterocycles. The third-order valence-electron chi connectivity index (χ3n) is 3.07. The van der Waals surface area contributed by atoms with Gasteiger partial charge in [0.1, 0.15) is 17.8 Å². The van der Waals surface area contributed by atoms with Gasteiger partial charge in [-0.25, -0.2) is 0 Å². The van der Waals surface area contributed by atoms with Gasteiger partial charge in [0.2, 0.25) is 0 Å². The molecule has 1 aliphatic rings. The highest BCUT2D eigenvalue weighted by molar-refractivity contribution is 5.74. The maximum Gasteiger partial charge on any atom is 0.320 e. The molecule has 7 heteroatoms. The molecule has 6 N–H and O–H groups in total. The zero-order valence-corrected chi connectivity index (χ0v) is 11.5. The first-order valence-corrected chi connectivity index (χ1v) is 6.62. The molecule has 0 radical (unpaired) electrons. The van der Waals surface area contributed by atoms with Crippen LogP contribution in [0.1, 0.15) is 18.4 Å². The lowest BCUT2D eigenvalue weighted by atomic mass is 10.1. The fourth-order valence-electron chi connectivity index (χ4n) is 1.87. The molecule has 0 aliphatic carbocycles. The summed E-state index contributed by atoms with van der Waals surface area (Å²) in [6.45, 7) is 0.858. The van der Waals surface area contributed by atoms with Crippen molar-refractivity contribution >= 4 is 11.9 Å². The highest BCUT2D eigenvalue weighted by Crippen LogP contribution is 2.10. The van der Waals surface area contributed by atoms with E-state index >= 15 is 0 Å². The van der Waals surface area contributed by atoms with Gasteiger partial charge in [-0.05, 0) is 43.5 Å². The van der Waals surface area contributed by atoms with E-state index < -0.39 is 18.0 Å². The van der Waals surface area contributed by atoms with E-state index in [1.54, 1.807) is 12.1 Å². The molecule has 2 rings (SSSR count). The van der Waals surface area contributed by atoms with Crippen molar-refractivity contribution in [1.29, 1.82) is 0 Å². The summed E-state index contributed by atoms with van der Waals surface area (Å²) in [5.41, 5.74) is 6.12. The Hall–Kier alpha value is -2.12. The van der Waals surface area contributed by atoms with Gasteiger partial charge in [-0.1, -0.05) is 12.1 Å². The first-order valence-electron chi connectivity index (χ1n) is 6.62. The molecule has 1 aromatic rings. The zero-order valence-electron chi connectivity index (χ0n) is 11.5. The number of phenolic OH excluding ortho intramolecular Hbond substituents is 1. The third-order valence-corrected chi connectivity index (χ3v) is 3.07. The molecule has 116 valence electrons. The van der Waals surface area contributed by atoms with Crippen LogP contribution in [0.3, 0.4) is 0 Å². The molecule has 2 atom stereocenters. The maximum atomic E-state index is 10.4. The predicted molar refractivity (Wildman–Crippen MR) is 76.1 cm³/mol. The highest BCUT2D eigenvalue weighted by atomic mass is 16.4. The Kier molecular flexibility index (Phi) is 6.64. The molecule has 1 unspecified atom stereocenters. The van der Waals surface area contributed by atoms with Crippen molar-refractivity contribution < 1.29 is 24.9 Å². The van der Waals surface area contributed by atoms with E-state index in [-0.39, 0.29) is 18.2 Å². The van der Waals surface area contributed by atoms with Gasteiger partial charge >= 0.3 is 11.9 Å². The molecule has 1 aromatic carbocycles. The fraction of sp³-hybridized carbons (Fsp3) is 0.429. The van der Waals surface area contributed by atoms with Gasteiger partial charge in [0, 0.05) is 0 Å². The maximum absolute atomic E-state index is 10.4. The second-order valence-corrected chi connectivity index (χ2v) is 4.80. The summed E-state index contributed by atoms with van der Waals surface area (Å²) in [4.78, 5) is 20.5. The topological polar surface area (TPSA) is 133 Å². The average Bonchev–Trinajstić information content (AvgIpc) is 2.96. The number of rotatable bonds is 4. The van der Waals surface area contributed by atoms with Crippen molar-refractivity contribution in [3.8, 4) is 5.75 Å². The van der Waals surface area contributed by atoms with Crippen LogP contribution in [0.2, 0.25) is 0 Å². The van der Waals surface area contributed by atoms with Crippen LogP contribution >= 0.6 is 0 Å². The number of carboxylic acids is 2. The number of aliphatic carboxylic acids is 2. The Morgan fingerprint density at radius 2 is 1.90 bits per heavy atom. The van der Waals surface area contributed by atoms with Gasteiger partial charge in [-0.3, -0.25) is 9.59 Å². The molecule has 0 saturated carbocycles. The molecule has 0 aromatic heterocycles. The monoisotopic (exact) mass is 296 g/mol. The zero-order chi connectivity index (χ0) is 15.8.